The van der Waals surface area contributed by atoms with E-state index in [4.69, 9.17) is 9.72 Å². The molecule has 0 spiro atoms. The van der Waals surface area contributed by atoms with Gasteiger partial charge in [-0.15, -0.1) is 0 Å². The van der Waals surface area contributed by atoms with E-state index in [-0.39, 0.29) is 19.6 Å². The van der Waals surface area contributed by atoms with Crippen LogP contribution in [-0.4, -0.2) is 43.5 Å². The quantitative estimate of drug-likeness (QED) is 0.294. The van der Waals surface area contributed by atoms with Crippen LogP contribution in [0.5, 0.6) is 0 Å². The normalized spacial score (nSPS) is 12.4. The molecule has 4 rings (SSSR count). The summed E-state index contributed by atoms with van der Waals surface area (Å²) in [5, 5.41) is 9.48. The van der Waals surface area contributed by atoms with E-state index in [0.717, 1.165) is 29.4 Å². The number of methoxy groups -OCH3 is 1. The number of aryl methyl sites for hydroxylation is 6. The Kier molecular flexibility index (Phi) is 11.0. The molecule has 6 heteroatoms. The maximum Gasteiger partial charge on any atom is 0.137 e. The lowest BCUT2D eigenvalue weighted by atomic mass is 10.1. The lowest BCUT2D eigenvalue weighted by Gasteiger charge is -2.13. The smallest absolute Gasteiger partial charge is 0.137 e. The highest BCUT2D eigenvalue weighted by molar-refractivity contribution is 5.37. The van der Waals surface area contributed by atoms with Crippen LogP contribution < -0.4 is 0 Å². The van der Waals surface area contributed by atoms with Gasteiger partial charge in [-0.05, 0) is 115 Å². The third-order valence-corrected chi connectivity index (χ3v) is 6.42. The van der Waals surface area contributed by atoms with Crippen LogP contribution in [0.1, 0.15) is 66.6 Å². The molecule has 6 nitrogen and oxygen atoms in total. The molecular weight excluding hydrogens is 472 g/mol. The van der Waals surface area contributed by atoms with Crippen LogP contribution in [0, 0.1) is 41.5 Å². The van der Waals surface area contributed by atoms with Gasteiger partial charge in [-0.1, -0.05) is 7.43 Å². The van der Waals surface area contributed by atoms with Gasteiger partial charge in [0.2, 0.25) is 0 Å². The van der Waals surface area contributed by atoms with Crippen molar-refractivity contribution in [2.45, 2.75) is 87.9 Å². The summed E-state index contributed by atoms with van der Waals surface area (Å²) in [6, 6.07) is 16.8. The van der Waals surface area contributed by atoms with Crippen molar-refractivity contribution in [3.05, 3.63) is 93.8 Å². The van der Waals surface area contributed by atoms with Crippen LogP contribution in [0.25, 0.3) is 11.6 Å². The Balaban J connectivity index is 0.000000260. The summed E-state index contributed by atoms with van der Waals surface area (Å²) in [4.78, 5) is 9.41. The summed E-state index contributed by atoms with van der Waals surface area (Å²) < 4.78 is 9.65. The molecule has 2 unspecified atom stereocenters. The number of pyridine rings is 2. The van der Waals surface area contributed by atoms with Gasteiger partial charge in [0, 0.05) is 54.1 Å². The number of hydrogen-bond donors (Lipinski definition) is 1. The summed E-state index contributed by atoms with van der Waals surface area (Å²) in [5.74, 6) is 1.93. The van der Waals surface area contributed by atoms with Crippen molar-refractivity contribution in [1.29, 1.82) is 0 Å². The minimum absolute atomic E-state index is 0. The lowest BCUT2D eigenvalue weighted by Crippen LogP contribution is -2.12. The van der Waals surface area contributed by atoms with Crippen LogP contribution in [0.4, 0.5) is 0 Å². The number of ether oxygens (including phenoxy) is 1. The standard InChI is InChI=1S/C16H22N2O.C15H20N2O.CH4/c1-11-8-15(10-14(4)19-5)17-16(9-11)18-12(2)6-7-13(18)3;1-10-7-14(9-13(4)18)16-15(8-10)17-11(2)5-6-12(17)3;/h6-9,14H,10H2,1-5H3;5-8,13,18H,9H2,1-4H3;1H4. The average molecular weight is 519 g/mol. The molecule has 0 aromatic carbocycles. The average Bonchev–Trinajstić information content (AvgIpc) is 3.32. The Morgan fingerprint density at radius 1 is 0.684 bits per heavy atom. The van der Waals surface area contributed by atoms with Crippen LogP contribution in [0.3, 0.4) is 0 Å². The zero-order valence-corrected chi connectivity index (χ0v) is 23.8. The molecule has 0 saturated carbocycles. The Labute approximate surface area is 229 Å². The summed E-state index contributed by atoms with van der Waals surface area (Å²) in [6.07, 6.45) is 1.26. The van der Waals surface area contributed by atoms with Gasteiger partial charge >= 0.3 is 0 Å². The van der Waals surface area contributed by atoms with Gasteiger partial charge in [0.1, 0.15) is 11.6 Å². The molecule has 0 saturated heterocycles. The fourth-order valence-corrected chi connectivity index (χ4v) is 4.62. The van der Waals surface area contributed by atoms with Crippen LogP contribution in [-0.2, 0) is 17.6 Å². The molecule has 0 bridgehead atoms. The van der Waals surface area contributed by atoms with Crippen molar-refractivity contribution < 1.29 is 9.84 Å². The molecule has 0 fully saturated rings. The van der Waals surface area contributed by atoms with E-state index >= 15 is 0 Å². The van der Waals surface area contributed by atoms with Gasteiger partial charge in [0.15, 0.2) is 0 Å². The summed E-state index contributed by atoms with van der Waals surface area (Å²) in [5.41, 5.74) is 9.19. The van der Waals surface area contributed by atoms with Crippen molar-refractivity contribution in [2.75, 3.05) is 7.11 Å². The third-order valence-electron chi connectivity index (χ3n) is 6.42. The first-order chi connectivity index (χ1) is 17.5. The zero-order valence-electron chi connectivity index (χ0n) is 23.8. The number of aromatic nitrogens is 4. The maximum absolute atomic E-state index is 9.48. The van der Waals surface area contributed by atoms with Crippen LogP contribution in [0.2, 0.25) is 0 Å². The van der Waals surface area contributed by atoms with Crippen molar-refractivity contribution >= 4 is 0 Å². The number of hydrogen-bond acceptors (Lipinski definition) is 4. The summed E-state index contributed by atoms with van der Waals surface area (Å²) >= 11 is 0. The molecule has 4 aromatic rings. The van der Waals surface area contributed by atoms with Gasteiger partial charge in [0.25, 0.3) is 0 Å². The molecule has 38 heavy (non-hydrogen) atoms. The molecule has 0 amide bonds. The molecule has 4 heterocycles. The predicted octanol–water partition coefficient (Wildman–Crippen LogP) is 6.73. The van der Waals surface area contributed by atoms with Gasteiger partial charge in [0.05, 0.1) is 12.2 Å². The SMILES string of the molecule is C.COC(C)Cc1cc(C)cc(-n2c(C)ccc2C)n1.Cc1cc(CC(C)O)nc(-n2c(C)ccc2C)c1. The molecule has 2 atom stereocenters. The van der Waals surface area contributed by atoms with E-state index in [1.165, 1.54) is 33.9 Å². The molecule has 0 aliphatic heterocycles. The minimum Gasteiger partial charge on any atom is -0.393 e. The maximum atomic E-state index is 9.48. The van der Waals surface area contributed by atoms with Gasteiger partial charge in [-0.3, -0.25) is 0 Å². The monoisotopic (exact) mass is 518 g/mol. The summed E-state index contributed by atoms with van der Waals surface area (Å²) in [7, 11) is 1.74. The van der Waals surface area contributed by atoms with Crippen LogP contribution in [0.15, 0.2) is 48.5 Å². The highest BCUT2D eigenvalue weighted by atomic mass is 16.5. The Morgan fingerprint density at radius 2 is 1.05 bits per heavy atom. The van der Waals surface area contributed by atoms with Crippen molar-refractivity contribution in [1.82, 2.24) is 19.1 Å². The first kappa shape index (κ1) is 31.0. The molecule has 206 valence electrons. The van der Waals surface area contributed by atoms with Crippen molar-refractivity contribution in [3.63, 3.8) is 0 Å². The highest BCUT2D eigenvalue weighted by Crippen LogP contribution is 2.18. The first-order valence-corrected chi connectivity index (χ1v) is 12.9. The molecule has 0 aliphatic rings. The van der Waals surface area contributed by atoms with E-state index in [1.54, 1.807) is 14.0 Å². The summed E-state index contributed by atoms with van der Waals surface area (Å²) in [6.45, 7) is 16.4. The van der Waals surface area contributed by atoms with Crippen LogP contribution >= 0.6 is 0 Å². The number of aliphatic hydroxyl groups is 1. The zero-order chi connectivity index (χ0) is 27.3. The van der Waals surface area contributed by atoms with Gasteiger partial charge in [-0.25, -0.2) is 9.97 Å². The van der Waals surface area contributed by atoms with Gasteiger partial charge < -0.3 is 19.0 Å². The van der Waals surface area contributed by atoms with E-state index in [9.17, 15) is 5.11 Å². The second-order valence-corrected chi connectivity index (χ2v) is 10.2. The van der Waals surface area contributed by atoms with E-state index in [1.807, 2.05) is 6.07 Å². The molecule has 1 N–H and O–H groups in total. The molecule has 4 aromatic heterocycles. The van der Waals surface area contributed by atoms with E-state index < -0.39 is 0 Å². The van der Waals surface area contributed by atoms with Gasteiger partial charge in [-0.2, -0.15) is 0 Å². The first-order valence-electron chi connectivity index (χ1n) is 12.9. The Bertz CT molecular complexity index is 1290. The topological polar surface area (TPSA) is 65.1 Å². The highest BCUT2D eigenvalue weighted by Gasteiger charge is 2.10. The van der Waals surface area contributed by atoms with E-state index in [2.05, 4.69) is 105 Å². The van der Waals surface area contributed by atoms with E-state index in [0.29, 0.717) is 6.42 Å². The molecule has 0 aliphatic carbocycles. The third kappa shape index (κ3) is 7.89. The predicted molar refractivity (Wildman–Crippen MR) is 158 cm³/mol. The number of rotatable bonds is 7. The second kappa shape index (κ2) is 13.5. The lowest BCUT2D eigenvalue weighted by molar-refractivity contribution is 0.118. The fraction of sp³-hybridized carbons (Fsp3) is 0.438. The van der Waals surface area contributed by atoms with Crippen molar-refractivity contribution in [2.24, 2.45) is 0 Å². The molecule has 0 radical (unpaired) electrons. The fourth-order valence-electron chi connectivity index (χ4n) is 4.62. The largest absolute Gasteiger partial charge is 0.393 e. The molecular formula is C32H46N4O2. The minimum atomic E-state index is -0.362. The number of aliphatic hydroxyl groups excluding tert-OH is 1. The Morgan fingerprint density at radius 3 is 1.39 bits per heavy atom. The van der Waals surface area contributed by atoms with Crippen molar-refractivity contribution in [3.8, 4) is 11.6 Å². The Hall–Kier alpha value is -3.22. The second-order valence-electron chi connectivity index (χ2n) is 10.2. The number of nitrogens with zero attached hydrogens (tertiary/aromatic N) is 4.